The fourth-order valence-corrected chi connectivity index (χ4v) is 2.87. The fraction of sp³-hybridized carbons (Fsp3) is 0.250. The highest BCUT2D eigenvalue weighted by Crippen LogP contribution is 2.23. The molecule has 0 fully saturated rings. The minimum absolute atomic E-state index is 0.171. The third-order valence-electron chi connectivity index (χ3n) is 4.17. The van der Waals surface area contributed by atoms with Crippen LogP contribution in [-0.4, -0.2) is 29.2 Å². The lowest BCUT2D eigenvalue weighted by Gasteiger charge is -2.08. The summed E-state index contributed by atoms with van der Waals surface area (Å²) < 4.78 is 6.59. The number of fused-ring (bicyclic) bond motifs is 1. The Morgan fingerprint density at radius 2 is 2.00 bits per heavy atom. The molecule has 0 aliphatic carbocycles. The predicted molar refractivity (Wildman–Crippen MR) is 99.2 cm³/mol. The number of rotatable bonds is 6. The van der Waals surface area contributed by atoms with Crippen LogP contribution in [0.3, 0.4) is 0 Å². The lowest BCUT2D eigenvalue weighted by Crippen LogP contribution is -2.29. The number of methoxy groups -OCH3 is 1. The fourth-order valence-electron chi connectivity index (χ4n) is 2.87. The lowest BCUT2D eigenvalue weighted by molar-refractivity contribution is 0.239. The van der Waals surface area contributed by atoms with Gasteiger partial charge in [-0.2, -0.15) is 10.2 Å². The highest BCUT2D eigenvalue weighted by molar-refractivity contribution is 5.93. The average Bonchev–Trinajstić information content (AvgIpc) is 3.07. The van der Waals surface area contributed by atoms with Gasteiger partial charge in [0.15, 0.2) is 0 Å². The molecule has 6 nitrogen and oxygen atoms in total. The molecule has 132 valence electrons. The van der Waals surface area contributed by atoms with Crippen molar-refractivity contribution in [3.8, 4) is 12.1 Å². The van der Waals surface area contributed by atoms with E-state index in [4.69, 9.17) is 4.74 Å². The number of imidazole rings is 1. The van der Waals surface area contributed by atoms with Crippen molar-refractivity contribution in [2.45, 2.75) is 19.3 Å². The normalized spacial score (nSPS) is 10.5. The molecule has 1 N–H and O–H groups in total. The molecule has 0 saturated carbocycles. The van der Waals surface area contributed by atoms with E-state index in [1.54, 1.807) is 18.2 Å². The van der Waals surface area contributed by atoms with E-state index in [-0.39, 0.29) is 12.0 Å². The summed E-state index contributed by atoms with van der Waals surface area (Å²) >= 11 is 0. The molecule has 0 unspecified atom stereocenters. The second-order valence-electron chi connectivity index (χ2n) is 5.89. The first-order chi connectivity index (χ1) is 12.7. The quantitative estimate of drug-likeness (QED) is 0.692. The molecule has 0 atom stereocenters. The van der Waals surface area contributed by atoms with Gasteiger partial charge in [0.1, 0.15) is 11.6 Å². The van der Waals surface area contributed by atoms with E-state index in [9.17, 15) is 10.1 Å². The van der Waals surface area contributed by atoms with E-state index in [0.717, 1.165) is 19.3 Å². The molecule has 1 aromatic heterocycles. The van der Waals surface area contributed by atoms with Crippen molar-refractivity contribution in [2.75, 3.05) is 13.7 Å². The summed E-state index contributed by atoms with van der Waals surface area (Å²) in [5, 5.41) is 12.1. The zero-order chi connectivity index (χ0) is 18.4. The predicted octanol–water partition coefficient (Wildman–Crippen LogP) is 3.50. The number of hydrogen-bond donors (Lipinski definition) is 1. The Kier molecular flexibility index (Phi) is 5.49. The van der Waals surface area contributed by atoms with Crippen molar-refractivity contribution in [2.24, 2.45) is 0 Å². The van der Waals surface area contributed by atoms with Crippen molar-refractivity contribution in [1.82, 2.24) is 14.9 Å². The summed E-state index contributed by atoms with van der Waals surface area (Å²) in [5.41, 5.74) is 2.73. The number of aryl methyl sites for hydroxylation is 1. The SMILES string of the molecule is COc1nc2c(C#N)cccc2n1C(=O)NCCCCc1ccccc1. The molecule has 1 heterocycles. The Labute approximate surface area is 152 Å². The van der Waals surface area contributed by atoms with Gasteiger partial charge in [-0.3, -0.25) is 0 Å². The van der Waals surface area contributed by atoms with Crippen molar-refractivity contribution in [3.05, 3.63) is 59.7 Å². The van der Waals surface area contributed by atoms with Crippen LogP contribution in [0.4, 0.5) is 4.79 Å². The van der Waals surface area contributed by atoms with Crippen LogP contribution in [0.15, 0.2) is 48.5 Å². The Hall–Kier alpha value is -3.33. The minimum atomic E-state index is -0.306. The van der Waals surface area contributed by atoms with Crippen LogP contribution in [0.5, 0.6) is 6.01 Å². The number of amides is 1. The van der Waals surface area contributed by atoms with Gasteiger partial charge in [-0.15, -0.1) is 0 Å². The number of ether oxygens (including phenoxy) is 1. The molecule has 6 heteroatoms. The van der Waals surface area contributed by atoms with E-state index in [1.807, 2.05) is 18.2 Å². The summed E-state index contributed by atoms with van der Waals surface area (Å²) in [4.78, 5) is 16.8. The standard InChI is InChI=1S/C20H20N4O2/c1-26-20-23-18-16(14-21)11-7-12-17(18)24(20)19(25)22-13-6-5-10-15-8-3-2-4-9-15/h2-4,7-9,11-12H,5-6,10,13H2,1H3,(H,22,25). The van der Waals surface area contributed by atoms with E-state index in [2.05, 4.69) is 28.5 Å². The molecule has 0 spiro atoms. The number of para-hydroxylation sites is 1. The molecule has 0 aliphatic rings. The lowest BCUT2D eigenvalue weighted by atomic mass is 10.1. The smallest absolute Gasteiger partial charge is 0.330 e. The molecule has 1 amide bonds. The van der Waals surface area contributed by atoms with Crippen LogP contribution in [0.25, 0.3) is 11.0 Å². The average molecular weight is 348 g/mol. The minimum Gasteiger partial charge on any atom is -0.468 e. The number of nitrogens with one attached hydrogen (secondary N) is 1. The monoisotopic (exact) mass is 348 g/mol. The Morgan fingerprint density at radius 1 is 1.19 bits per heavy atom. The first-order valence-corrected chi connectivity index (χ1v) is 8.52. The highest BCUT2D eigenvalue weighted by atomic mass is 16.5. The maximum Gasteiger partial charge on any atom is 0.330 e. The first-order valence-electron chi connectivity index (χ1n) is 8.52. The van der Waals surface area contributed by atoms with E-state index in [1.165, 1.54) is 17.2 Å². The van der Waals surface area contributed by atoms with Gasteiger partial charge in [0.2, 0.25) is 0 Å². The number of aromatic nitrogens is 2. The Balaban J connectivity index is 1.63. The van der Waals surface area contributed by atoms with Crippen molar-refractivity contribution in [1.29, 1.82) is 5.26 Å². The zero-order valence-corrected chi connectivity index (χ0v) is 14.6. The molecule has 0 bridgehead atoms. The van der Waals surface area contributed by atoms with Gasteiger partial charge in [-0.25, -0.2) is 9.36 Å². The Bertz CT molecular complexity index is 942. The molecule has 3 aromatic rings. The van der Waals surface area contributed by atoms with Crippen LogP contribution < -0.4 is 10.1 Å². The van der Waals surface area contributed by atoms with Gasteiger partial charge in [0.25, 0.3) is 0 Å². The maximum atomic E-state index is 12.6. The molecule has 0 radical (unpaired) electrons. The molecule has 3 rings (SSSR count). The van der Waals surface area contributed by atoms with Crippen LogP contribution in [0.1, 0.15) is 24.0 Å². The summed E-state index contributed by atoms with van der Waals surface area (Å²) in [6.45, 7) is 0.562. The van der Waals surface area contributed by atoms with Gasteiger partial charge < -0.3 is 10.1 Å². The topological polar surface area (TPSA) is 79.9 Å². The largest absolute Gasteiger partial charge is 0.468 e. The molecular weight excluding hydrogens is 328 g/mol. The molecule has 0 aliphatic heterocycles. The van der Waals surface area contributed by atoms with E-state index < -0.39 is 0 Å². The third-order valence-corrected chi connectivity index (χ3v) is 4.17. The van der Waals surface area contributed by atoms with E-state index in [0.29, 0.717) is 23.1 Å². The highest BCUT2D eigenvalue weighted by Gasteiger charge is 2.19. The molecule has 0 saturated heterocycles. The van der Waals surface area contributed by atoms with Crippen molar-refractivity contribution >= 4 is 17.1 Å². The molecule has 26 heavy (non-hydrogen) atoms. The number of benzene rings is 2. The zero-order valence-electron chi connectivity index (χ0n) is 14.6. The number of carbonyl (C=O) groups excluding carboxylic acids is 1. The van der Waals surface area contributed by atoms with Gasteiger partial charge in [0, 0.05) is 6.54 Å². The second-order valence-corrected chi connectivity index (χ2v) is 5.89. The van der Waals surface area contributed by atoms with Crippen LogP contribution >= 0.6 is 0 Å². The number of nitriles is 1. The number of nitrogens with zero attached hydrogens (tertiary/aromatic N) is 3. The second kappa shape index (κ2) is 8.17. The van der Waals surface area contributed by atoms with Gasteiger partial charge >= 0.3 is 12.0 Å². The maximum absolute atomic E-state index is 12.6. The summed E-state index contributed by atoms with van der Waals surface area (Å²) in [6.07, 6.45) is 2.85. The van der Waals surface area contributed by atoms with Crippen molar-refractivity contribution in [3.63, 3.8) is 0 Å². The van der Waals surface area contributed by atoms with Gasteiger partial charge in [-0.1, -0.05) is 36.4 Å². The Morgan fingerprint density at radius 3 is 2.73 bits per heavy atom. The number of hydrogen-bond acceptors (Lipinski definition) is 4. The van der Waals surface area contributed by atoms with Gasteiger partial charge in [0.05, 0.1) is 18.2 Å². The first kappa shape index (κ1) is 17.5. The third kappa shape index (κ3) is 3.67. The molecular formula is C20H20N4O2. The van der Waals surface area contributed by atoms with Crippen LogP contribution in [0.2, 0.25) is 0 Å². The van der Waals surface area contributed by atoms with Crippen LogP contribution in [-0.2, 0) is 6.42 Å². The van der Waals surface area contributed by atoms with Gasteiger partial charge in [-0.05, 0) is 37.0 Å². The van der Waals surface area contributed by atoms with Crippen LogP contribution in [0, 0.1) is 11.3 Å². The number of carbonyl (C=O) groups is 1. The summed E-state index contributed by atoms with van der Waals surface area (Å²) in [5.74, 6) is 0. The van der Waals surface area contributed by atoms with Crippen molar-refractivity contribution < 1.29 is 9.53 Å². The number of unbranched alkanes of at least 4 members (excludes halogenated alkanes) is 1. The summed E-state index contributed by atoms with van der Waals surface area (Å²) in [7, 11) is 1.46. The molecule has 2 aromatic carbocycles. The summed E-state index contributed by atoms with van der Waals surface area (Å²) in [6, 6.07) is 17.4. The van der Waals surface area contributed by atoms with E-state index >= 15 is 0 Å².